The summed E-state index contributed by atoms with van der Waals surface area (Å²) in [5.74, 6) is 1.31. The maximum Gasteiger partial charge on any atom is 0.160 e. The maximum absolute atomic E-state index is 5.89. The van der Waals surface area contributed by atoms with Gasteiger partial charge in [0, 0.05) is 22.2 Å². The summed E-state index contributed by atoms with van der Waals surface area (Å²) in [6, 6.07) is 12.1. The number of H-pyrrole nitrogens is 2. The minimum absolute atomic E-state index is 0.481. The molecular formula is C15H13N5. The molecule has 0 aliphatic carbocycles. The quantitative estimate of drug-likeness (QED) is 0.493. The van der Waals surface area contributed by atoms with Gasteiger partial charge in [-0.3, -0.25) is 0 Å². The standard InChI is InChI=1S/C15H13N5/c1-8-17-14-10(7-13(16)20-15(14)18-8)12-6-9-4-2-3-5-11(9)19-12/h2-7,19H,1H3,(H3,16,17,18,20). The lowest BCUT2D eigenvalue weighted by molar-refractivity contribution is 1.16. The van der Waals surface area contributed by atoms with Crippen LogP contribution in [0.3, 0.4) is 0 Å². The van der Waals surface area contributed by atoms with Crippen molar-refractivity contribution in [1.29, 1.82) is 0 Å². The molecule has 5 heteroatoms. The minimum atomic E-state index is 0.481. The molecule has 4 rings (SSSR count). The highest BCUT2D eigenvalue weighted by atomic mass is 15.0. The summed E-state index contributed by atoms with van der Waals surface area (Å²) in [4.78, 5) is 15.3. The monoisotopic (exact) mass is 263 g/mol. The van der Waals surface area contributed by atoms with Gasteiger partial charge in [0.05, 0.1) is 0 Å². The van der Waals surface area contributed by atoms with Crippen molar-refractivity contribution in [3.63, 3.8) is 0 Å². The van der Waals surface area contributed by atoms with E-state index in [2.05, 4.69) is 38.1 Å². The van der Waals surface area contributed by atoms with Crippen LogP contribution in [0, 0.1) is 6.92 Å². The fourth-order valence-corrected chi connectivity index (χ4v) is 2.55. The number of fused-ring (bicyclic) bond motifs is 2. The molecule has 0 fully saturated rings. The second-order valence-corrected chi connectivity index (χ2v) is 4.88. The zero-order valence-electron chi connectivity index (χ0n) is 10.9. The highest BCUT2D eigenvalue weighted by Crippen LogP contribution is 2.30. The normalized spacial score (nSPS) is 11.4. The third kappa shape index (κ3) is 1.56. The van der Waals surface area contributed by atoms with E-state index in [1.807, 2.05) is 25.1 Å². The van der Waals surface area contributed by atoms with Crippen molar-refractivity contribution in [3.8, 4) is 11.3 Å². The molecular weight excluding hydrogens is 250 g/mol. The third-order valence-corrected chi connectivity index (χ3v) is 3.41. The van der Waals surface area contributed by atoms with Gasteiger partial charge >= 0.3 is 0 Å². The van der Waals surface area contributed by atoms with E-state index in [-0.39, 0.29) is 0 Å². The van der Waals surface area contributed by atoms with Gasteiger partial charge in [-0.15, -0.1) is 0 Å². The summed E-state index contributed by atoms with van der Waals surface area (Å²) in [6.07, 6.45) is 0. The van der Waals surface area contributed by atoms with Crippen LogP contribution in [-0.4, -0.2) is 19.9 Å². The number of rotatable bonds is 1. The molecule has 0 aliphatic heterocycles. The van der Waals surface area contributed by atoms with E-state index < -0.39 is 0 Å². The SMILES string of the molecule is Cc1nc2c(-c3cc4ccccc4[nH]3)cc(N)nc2[nH]1. The number of hydrogen-bond acceptors (Lipinski definition) is 3. The molecule has 0 spiro atoms. The number of aromatic nitrogens is 4. The molecule has 0 saturated heterocycles. The van der Waals surface area contributed by atoms with E-state index in [0.29, 0.717) is 5.82 Å². The first-order valence-corrected chi connectivity index (χ1v) is 6.42. The van der Waals surface area contributed by atoms with E-state index >= 15 is 0 Å². The lowest BCUT2D eigenvalue weighted by Gasteiger charge is -2.01. The Labute approximate surface area is 114 Å². The number of aryl methyl sites for hydroxylation is 1. The first kappa shape index (κ1) is 11.0. The largest absolute Gasteiger partial charge is 0.384 e. The third-order valence-electron chi connectivity index (χ3n) is 3.41. The number of para-hydroxylation sites is 1. The molecule has 5 nitrogen and oxygen atoms in total. The van der Waals surface area contributed by atoms with Gasteiger partial charge in [0.15, 0.2) is 5.65 Å². The minimum Gasteiger partial charge on any atom is -0.384 e. The average molecular weight is 263 g/mol. The van der Waals surface area contributed by atoms with Crippen LogP contribution < -0.4 is 5.73 Å². The van der Waals surface area contributed by atoms with Gasteiger partial charge in [-0.05, 0) is 25.1 Å². The van der Waals surface area contributed by atoms with E-state index in [0.717, 1.165) is 33.8 Å². The zero-order chi connectivity index (χ0) is 13.7. The number of hydrogen-bond donors (Lipinski definition) is 3. The number of nitrogen functional groups attached to an aromatic ring is 1. The summed E-state index contributed by atoms with van der Waals surface area (Å²) >= 11 is 0. The van der Waals surface area contributed by atoms with Crippen molar-refractivity contribution in [2.24, 2.45) is 0 Å². The Morgan fingerprint density at radius 2 is 1.90 bits per heavy atom. The first-order chi connectivity index (χ1) is 9.70. The number of imidazole rings is 1. The molecule has 4 N–H and O–H groups in total. The molecule has 3 heterocycles. The average Bonchev–Trinajstić information content (AvgIpc) is 2.99. The van der Waals surface area contributed by atoms with E-state index in [4.69, 9.17) is 5.73 Å². The van der Waals surface area contributed by atoms with Crippen molar-refractivity contribution in [3.05, 3.63) is 42.2 Å². The van der Waals surface area contributed by atoms with Crippen molar-refractivity contribution < 1.29 is 0 Å². The van der Waals surface area contributed by atoms with E-state index in [9.17, 15) is 0 Å². The Bertz CT molecular complexity index is 899. The number of nitrogens with one attached hydrogen (secondary N) is 2. The fraction of sp³-hybridized carbons (Fsp3) is 0.0667. The van der Waals surface area contributed by atoms with Crippen molar-refractivity contribution in [1.82, 2.24) is 19.9 Å². The molecule has 0 atom stereocenters. The van der Waals surface area contributed by atoms with Gasteiger partial charge in [-0.25, -0.2) is 9.97 Å². The second kappa shape index (κ2) is 3.84. The predicted molar refractivity (Wildman–Crippen MR) is 80.3 cm³/mol. The van der Waals surface area contributed by atoms with Gasteiger partial charge < -0.3 is 15.7 Å². The summed E-state index contributed by atoms with van der Waals surface area (Å²) in [7, 11) is 0. The van der Waals surface area contributed by atoms with Crippen LogP contribution in [0.15, 0.2) is 36.4 Å². The van der Waals surface area contributed by atoms with Crippen LogP contribution in [-0.2, 0) is 0 Å². The molecule has 0 bridgehead atoms. The smallest absolute Gasteiger partial charge is 0.160 e. The highest BCUT2D eigenvalue weighted by molar-refractivity contribution is 5.95. The Hall–Kier alpha value is -2.82. The molecule has 1 aromatic carbocycles. The summed E-state index contributed by atoms with van der Waals surface area (Å²) in [5, 5.41) is 1.17. The predicted octanol–water partition coefficient (Wildman–Crippen LogP) is 3.00. The summed E-state index contributed by atoms with van der Waals surface area (Å²) in [6.45, 7) is 1.91. The topological polar surface area (TPSA) is 83.4 Å². The Balaban J connectivity index is 2.05. The fourth-order valence-electron chi connectivity index (χ4n) is 2.55. The molecule has 20 heavy (non-hydrogen) atoms. The van der Waals surface area contributed by atoms with Crippen LogP contribution in [0.2, 0.25) is 0 Å². The van der Waals surface area contributed by atoms with Crippen LogP contribution in [0.4, 0.5) is 5.82 Å². The van der Waals surface area contributed by atoms with Gasteiger partial charge in [-0.1, -0.05) is 18.2 Å². The lowest BCUT2D eigenvalue weighted by Crippen LogP contribution is -1.92. The molecule has 0 radical (unpaired) electrons. The Morgan fingerprint density at radius 1 is 1.05 bits per heavy atom. The van der Waals surface area contributed by atoms with Crippen molar-refractivity contribution in [2.75, 3.05) is 5.73 Å². The number of nitrogens with zero attached hydrogens (tertiary/aromatic N) is 2. The Morgan fingerprint density at radius 3 is 2.75 bits per heavy atom. The maximum atomic E-state index is 5.89. The highest BCUT2D eigenvalue weighted by Gasteiger charge is 2.12. The second-order valence-electron chi connectivity index (χ2n) is 4.88. The number of pyridine rings is 1. The van der Waals surface area contributed by atoms with Gasteiger partial charge in [0.2, 0.25) is 0 Å². The molecule has 4 aromatic rings. The van der Waals surface area contributed by atoms with Crippen LogP contribution in [0.1, 0.15) is 5.82 Å². The summed E-state index contributed by atoms with van der Waals surface area (Å²) < 4.78 is 0. The van der Waals surface area contributed by atoms with Gasteiger partial charge in [0.1, 0.15) is 17.2 Å². The van der Waals surface area contributed by atoms with Crippen LogP contribution in [0.25, 0.3) is 33.3 Å². The van der Waals surface area contributed by atoms with Crippen molar-refractivity contribution in [2.45, 2.75) is 6.92 Å². The molecule has 0 amide bonds. The molecule has 0 saturated carbocycles. The van der Waals surface area contributed by atoms with E-state index in [1.54, 1.807) is 0 Å². The first-order valence-electron chi connectivity index (χ1n) is 6.42. The number of aromatic amines is 2. The zero-order valence-corrected chi connectivity index (χ0v) is 10.9. The summed E-state index contributed by atoms with van der Waals surface area (Å²) in [5.41, 5.74) is 10.5. The molecule has 0 unspecified atom stereocenters. The van der Waals surface area contributed by atoms with Crippen molar-refractivity contribution >= 4 is 27.9 Å². The molecule has 98 valence electrons. The Kier molecular flexibility index (Phi) is 2.12. The van der Waals surface area contributed by atoms with E-state index in [1.165, 1.54) is 5.39 Å². The van der Waals surface area contributed by atoms with Crippen LogP contribution >= 0.6 is 0 Å². The lowest BCUT2D eigenvalue weighted by atomic mass is 10.1. The molecule has 3 aromatic heterocycles. The van der Waals surface area contributed by atoms with Gasteiger partial charge in [0.25, 0.3) is 0 Å². The van der Waals surface area contributed by atoms with Crippen LogP contribution in [0.5, 0.6) is 0 Å². The molecule has 0 aliphatic rings. The number of benzene rings is 1. The number of nitrogens with two attached hydrogens (primary N) is 1. The van der Waals surface area contributed by atoms with Gasteiger partial charge in [-0.2, -0.15) is 0 Å². The number of anilines is 1.